The van der Waals surface area contributed by atoms with Crippen molar-refractivity contribution in [3.05, 3.63) is 0 Å². The Balaban J connectivity index is 1.64. The van der Waals surface area contributed by atoms with E-state index in [1.54, 1.807) is 0 Å². The van der Waals surface area contributed by atoms with E-state index >= 15 is 0 Å². The van der Waals surface area contributed by atoms with Crippen LogP contribution in [-0.2, 0) is 19.0 Å². The lowest BCUT2D eigenvalue weighted by Gasteiger charge is -2.13. The van der Waals surface area contributed by atoms with E-state index in [2.05, 4.69) is 0 Å². The molecule has 3 atom stereocenters. The number of ether oxygens (including phenoxy) is 3. The van der Waals surface area contributed by atoms with Gasteiger partial charge in [-0.2, -0.15) is 0 Å². The second-order valence-electron chi connectivity index (χ2n) is 3.44. The molecule has 74 valence electrons. The first-order valence-corrected chi connectivity index (χ1v) is 4.68. The minimum atomic E-state index is 0.0920. The third-order valence-electron chi connectivity index (χ3n) is 2.24. The van der Waals surface area contributed by atoms with Crippen molar-refractivity contribution >= 4 is 6.29 Å². The van der Waals surface area contributed by atoms with E-state index in [1.807, 2.05) is 0 Å². The van der Waals surface area contributed by atoms with Crippen molar-refractivity contribution < 1.29 is 19.0 Å². The Kier molecular flexibility index (Phi) is 2.93. The molecule has 2 rings (SSSR count). The highest BCUT2D eigenvalue weighted by molar-refractivity contribution is 5.49. The minimum absolute atomic E-state index is 0.0920. The lowest BCUT2D eigenvalue weighted by Crippen LogP contribution is -2.22. The molecule has 2 aliphatic rings. The summed E-state index contributed by atoms with van der Waals surface area (Å²) in [7, 11) is 0. The summed E-state index contributed by atoms with van der Waals surface area (Å²) in [5.74, 6) is 0. The van der Waals surface area contributed by atoms with E-state index in [0.29, 0.717) is 13.0 Å². The van der Waals surface area contributed by atoms with Crippen molar-refractivity contribution in [3.63, 3.8) is 0 Å². The average molecular weight is 186 g/mol. The SMILES string of the molecule is O=CCCC(OCC1CO1)C1CO1. The van der Waals surface area contributed by atoms with Crippen molar-refractivity contribution in [2.75, 3.05) is 19.8 Å². The van der Waals surface area contributed by atoms with Crippen LogP contribution in [0.1, 0.15) is 12.8 Å². The van der Waals surface area contributed by atoms with Crippen LogP contribution < -0.4 is 0 Å². The maximum atomic E-state index is 10.2. The smallest absolute Gasteiger partial charge is 0.120 e. The van der Waals surface area contributed by atoms with Gasteiger partial charge in [0, 0.05) is 6.42 Å². The number of rotatable bonds is 7. The Bertz CT molecular complexity index is 174. The molecule has 0 aromatic carbocycles. The standard InChI is InChI=1S/C9H14O4/c10-3-1-2-8(9-6-13-9)12-5-7-4-11-7/h3,7-9H,1-2,4-6H2. The largest absolute Gasteiger partial charge is 0.373 e. The Morgan fingerprint density at radius 3 is 2.77 bits per heavy atom. The van der Waals surface area contributed by atoms with Crippen LogP contribution >= 0.6 is 0 Å². The van der Waals surface area contributed by atoms with Crippen molar-refractivity contribution in [3.8, 4) is 0 Å². The minimum Gasteiger partial charge on any atom is -0.373 e. The average Bonchev–Trinajstić information content (AvgIpc) is 2.99. The molecule has 0 amide bonds. The van der Waals surface area contributed by atoms with Crippen molar-refractivity contribution in [1.82, 2.24) is 0 Å². The van der Waals surface area contributed by atoms with Crippen molar-refractivity contribution in [2.45, 2.75) is 31.2 Å². The molecule has 4 nitrogen and oxygen atoms in total. The Hall–Kier alpha value is -0.450. The predicted molar refractivity (Wildman–Crippen MR) is 44.5 cm³/mol. The number of hydrogen-bond acceptors (Lipinski definition) is 4. The molecule has 0 saturated carbocycles. The molecule has 2 heterocycles. The summed E-state index contributed by atoms with van der Waals surface area (Å²) in [6, 6.07) is 0. The fourth-order valence-electron chi connectivity index (χ4n) is 1.27. The fourth-order valence-corrected chi connectivity index (χ4v) is 1.27. The summed E-state index contributed by atoms with van der Waals surface area (Å²) in [4.78, 5) is 10.2. The van der Waals surface area contributed by atoms with Crippen LogP contribution in [0.25, 0.3) is 0 Å². The van der Waals surface area contributed by atoms with Gasteiger partial charge >= 0.3 is 0 Å². The molecule has 0 aliphatic carbocycles. The van der Waals surface area contributed by atoms with Gasteiger partial charge in [0.25, 0.3) is 0 Å². The van der Waals surface area contributed by atoms with Crippen molar-refractivity contribution in [2.24, 2.45) is 0 Å². The first kappa shape index (κ1) is 9.12. The van der Waals surface area contributed by atoms with E-state index in [1.165, 1.54) is 0 Å². The molecule has 4 heteroatoms. The zero-order valence-electron chi connectivity index (χ0n) is 7.48. The van der Waals surface area contributed by atoms with Crippen LogP contribution in [0, 0.1) is 0 Å². The lowest BCUT2D eigenvalue weighted by molar-refractivity contribution is -0.108. The number of carbonyl (C=O) groups is 1. The van der Waals surface area contributed by atoms with Crippen LogP contribution in [0.2, 0.25) is 0 Å². The van der Waals surface area contributed by atoms with Crippen LogP contribution in [-0.4, -0.2) is 44.4 Å². The van der Waals surface area contributed by atoms with Gasteiger partial charge in [0.05, 0.1) is 25.9 Å². The summed E-state index contributed by atoms with van der Waals surface area (Å²) >= 11 is 0. The molecule has 0 radical (unpaired) electrons. The first-order valence-electron chi connectivity index (χ1n) is 4.68. The first-order chi connectivity index (χ1) is 6.40. The zero-order chi connectivity index (χ0) is 9.10. The number of aldehydes is 1. The number of hydrogen-bond donors (Lipinski definition) is 0. The highest BCUT2D eigenvalue weighted by Crippen LogP contribution is 2.22. The maximum Gasteiger partial charge on any atom is 0.120 e. The van der Waals surface area contributed by atoms with E-state index in [4.69, 9.17) is 14.2 Å². The molecule has 0 aromatic rings. The monoisotopic (exact) mass is 186 g/mol. The molecule has 0 bridgehead atoms. The predicted octanol–water partition coefficient (Wildman–Crippen LogP) is 0.148. The van der Waals surface area contributed by atoms with Gasteiger partial charge in [0.15, 0.2) is 0 Å². The van der Waals surface area contributed by atoms with E-state index in [0.717, 1.165) is 25.9 Å². The zero-order valence-corrected chi connectivity index (χ0v) is 7.48. The van der Waals surface area contributed by atoms with Crippen LogP contribution in [0.3, 0.4) is 0 Å². The molecular formula is C9H14O4. The van der Waals surface area contributed by atoms with Gasteiger partial charge in [-0.15, -0.1) is 0 Å². The van der Waals surface area contributed by atoms with E-state index in [9.17, 15) is 4.79 Å². The summed E-state index contributed by atoms with van der Waals surface area (Å²) < 4.78 is 15.7. The summed E-state index contributed by atoms with van der Waals surface area (Å²) in [6.45, 7) is 2.23. The Labute approximate surface area is 77.1 Å². The molecule has 13 heavy (non-hydrogen) atoms. The topological polar surface area (TPSA) is 51.4 Å². The summed E-state index contributed by atoms with van der Waals surface area (Å²) in [5, 5.41) is 0. The van der Waals surface area contributed by atoms with Gasteiger partial charge in [0.2, 0.25) is 0 Å². The Morgan fingerprint density at radius 1 is 1.46 bits per heavy atom. The van der Waals surface area contributed by atoms with Crippen LogP contribution in [0.15, 0.2) is 0 Å². The highest BCUT2D eigenvalue weighted by atomic mass is 16.6. The second-order valence-corrected chi connectivity index (χ2v) is 3.44. The molecule has 0 aromatic heterocycles. The highest BCUT2D eigenvalue weighted by Gasteiger charge is 2.34. The van der Waals surface area contributed by atoms with Gasteiger partial charge in [-0.05, 0) is 6.42 Å². The Morgan fingerprint density at radius 2 is 2.23 bits per heavy atom. The molecule has 2 fully saturated rings. The lowest BCUT2D eigenvalue weighted by atomic mass is 10.1. The fraction of sp³-hybridized carbons (Fsp3) is 0.889. The van der Waals surface area contributed by atoms with Crippen molar-refractivity contribution in [1.29, 1.82) is 0 Å². The van der Waals surface area contributed by atoms with Gasteiger partial charge in [-0.25, -0.2) is 0 Å². The molecule has 0 N–H and O–H groups in total. The van der Waals surface area contributed by atoms with Crippen LogP contribution in [0.5, 0.6) is 0 Å². The summed E-state index contributed by atoms with van der Waals surface area (Å²) in [6.07, 6.45) is 2.84. The molecular weight excluding hydrogens is 172 g/mol. The maximum absolute atomic E-state index is 10.2. The number of carbonyl (C=O) groups excluding carboxylic acids is 1. The van der Waals surface area contributed by atoms with Gasteiger partial charge < -0.3 is 19.0 Å². The van der Waals surface area contributed by atoms with E-state index in [-0.39, 0.29) is 18.3 Å². The molecule has 0 spiro atoms. The van der Waals surface area contributed by atoms with E-state index < -0.39 is 0 Å². The number of epoxide rings is 2. The summed E-state index contributed by atoms with van der Waals surface area (Å²) in [5.41, 5.74) is 0. The van der Waals surface area contributed by atoms with Crippen LogP contribution in [0.4, 0.5) is 0 Å². The molecule has 3 unspecified atom stereocenters. The van der Waals surface area contributed by atoms with Gasteiger partial charge in [0.1, 0.15) is 18.5 Å². The second kappa shape index (κ2) is 4.17. The van der Waals surface area contributed by atoms with Gasteiger partial charge in [-0.3, -0.25) is 0 Å². The van der Waals surface area contributed by atoms with Gasteiger partial charge in [-0.1, -0.05) is 0 Å². The third kappa shape index (κ3) is 3.06. The third-order valence-corrected chi connectivity index (χ3v) is 2.24. The molecule has 2 saturated heterocycles. The molecule has 2 aliphatic heterocycles. The quantitative estimate of drug-likeness (QED) is 0.419. The normalized spacial score (nSPS) is 32.6.